The third kappa shape index (κ3) is 5.03. The van der Waals surface area contributed by atoms with Crippen molar-refractivity contribution < 1.29 is 24.2 Å². The molecule has 0 unspecified atom stereocenters. The van der Waals surface area contributed by atoms with Crippen molar-refractivity contribution >= 4 is 35.3 Å². The van der Waals surface area contributed by atoms with E-state index in [1.807, 2.05) is 18.2 Å². The maximum atomic E-state index is 12.0. The van der Waals surface area contributed by atoms with Crippen LogP contribution in [0.3, 0.4) is 0 Å². The Labute approximate surface area is 149 Å². The van der Waals surface area contributed by atoms with Crippen LogP contribution in [0, 0.1) is 0 Å². The van der Waals surface area contributed by atoms with Crippen LogP contribution in [-0.2, 0) is 16.0 Å². The molecular weight excluding hydrogens is 325 g/mol. The second-order valence-corrected chi connectivity index (χ2v) is 4.86. The average molecular weight is 343 g/mol. The van der Waals surface area contributed by atoms with Gasteiger partial charge in [-0.05, 0) is 24.1 Å². The van der Waals surface area contributed by atoms with Gasteiger partial charge in [0.05, 0.1) is 11.1 Å². The van der Waals surface area contributed by atoms with Gasteiger partial charge >= 0.3 is 17.9 Å². The van der Waals surface area contributed by atoms with Gasteiger partial charge in [0.25, 0.3) is 0 Å². The average Bonchev–Trinajstić information content (AvgIpc) is 2.55. The fraction of sp³-hybridized carbons (Fsp3) is 0.118. The standard InChI is InChI=1S/C17H15NO5.Al.3H/c18-14(10-11-6-2-1-3-7-11)17(22)23-16(21)13-9-5-4-8-12(13)15(19)20;;;;/h1-9,14H,10,18H2,(H,19,20);;;;/t14-;;;;/m0..../s1. The summed E-state index contributed by atoms with van der Waals surface area (Å²) in [7, 11) is 0. The molecular formula is C17H18AlNO5. The Kier molecular flexibility index (Phi) is 7.34. The normalized spacial score (nSPS) is 11.0. The molecule has 0 saturated carbocycles. The maximum absolute atomic E-state index is 12.0. The summed E-state index contributed by atoms with van der Waals surface area (Å²) in [6.07, 6.45) is 0.216. The Hall–Kier alpha value is -2.46. The molecule has 24 heavy (non-hydrogen) atoms. The molecule has 0 radical (unpaired) electrons. The van der Waals surface area contributed by atoms with Crippen LogP contribution in [-0.4, -0.2) is 46.4 Å². The molecule has 0 aliphatic carbocycles. The smallest absolute Gasteiger partial charge is 0.346 e. The number of aromatic carboxylic acids is 1. The fourth-order valence-electron chi connectivity index (χ4n) is 2.02. The summed E-state index contributed by atoms with van der Waals surface area (Å²) < 4.78 is 4.70. The van der Waals surface area contributed by atoms with Gasteiger partial charge in [-0.15, -0.1) is 0 Å². The van der Waals surface area contributed by atoms with E-state index >= 15 is 0 Å². The third-order valence-electron chi connectivity index (χ3n) is 3.17. The predicted octanol–water partition coefficient (Wildman–Crippen LogP) is 0.454. The number of esters is 2. The van der Waals surface area contributed by atoms with Crippen LogP contribution in [0.25, 0.3) is 0 Å². The molecule has 0 aliphatic rings. The van der Waals surface area contributed by atoms with Crippen molar-refractivity contribution in [3.05, 3.63) is 71.3 Å². The molecule has 6 nitrogen and oxygen atoms in total. The van der Waals surface area contributed by atoms with Crippen molar-refractivity contribution in [2.75, 3.05) is 0 Å². The van der Waals surface area contributed by atoms with Gasteiger partial charge in [-0.25, -0.2) is 14.4 Å². The molecule has 124 valence electrons. The van der Waals surface area contributed by atoms with E-state index < -0.39 is 23.9 Å². The van der Waals surface area contributed by atoms with Crippen LogP contribution < -0.4 is 5.73 Å². The Balaban J connectivity index is 0.00000288. The predicted molar refractivity (Wildman–Crippen MR) is 91.9 cm³/mol. The van der Waals surface area contributed by atoms with Crippen LogP contribution >= 0.6 is 0 Å². The summed E-state index contributed by atoms with van der Waals surface area (Å²) in [5.41, 5.74) is 6.13. The van der Waals surface area contributed by atoms with E-state index in [-0.39, 0.29) is 34.9 Å². The number of nitrogens with two attached hydrogens (primary N) is 1. The lowest BCUT2D eigenvalue weighted by atomic mass is 10.1. The zero-order valence-electron chi connectivity index (χ0n) is 12.1. The SMILES string of the molecule is N[C@@H](Cc1ccccc1)C(=O)OC(=O)c1ccccc1C(=O)O.[AlH3]. The van der Waals surface area contributed by atoms with Crippen molar-refractivity contribution in [2.45, 2.75) is 12.5 Å². The minimum atomic E-state index is -1.28. The highest BCUT2D eigenvalue weighted by Crippen LogP contribution is 2.11. The molecule has 0 fully saturated rings. The van der Waals surface area contributed by atoms with E-state index in [0.29, 0.717) is 0 Å². The van der Waals surface area contributed by atoms with Crippen LogP contribution in [0.15, 0.2) is 54.6 Å². The van der Waals surface area contributed by atoms with Crippen molar-refractivity contribution in [1.29, 1.82) is 0 Å². The lowest BCUT2D eigenvalue weighted by molar-refractivity contribution is -0.139. The summed E-state index contributed by atoms with van der Waals surface area (Å²) in [4.78, 5) is 34.9. The Morgan fingerprint density at radius 1 is 0.958 bits per heavy atom. The zero-order chi connectivity index (χ0) is 16.8. The first-order chi connectivity index (χ1) is 11.0. The van der Waals surface area contributed by atoms with Crippen molar-refractivity contribution in [1.82, 2.24) is 0 Å². The van der Waals surface area contributed by atoms with Crippen molar-refractivity contribution in [2.24, 2.45) is 5.73 Å². The van der Waals surface area contributed by atoms with Gasteiger partial charge in [0.1, 0.15) is 6.04 Å². The maximum Gasteiger partial charge on any atom is 0.346 e. The summed E-state index contributed by atoms with van der Waals surface area (Å²) in [6, 6.07) is 13.5. The molecule has 1 atom stereocenters. The molecule has 0 aliphatic heterocycles. The van der Waals surface area contributed by atoms with Crippen molar-refractivity contribution in [3.8, 4) is 0 Å². The largest absolute Gasteiger partial charge is 0.478 e. The van der Waals surface area contributed by atoms with E-state index in [2.05, 4.69) is 0 Å². The number of benzene rings is 2. The first kappa shape index (κ1) is 19.6. The Morgan fingerprint density at radius 2 is 1.50 bits per heavy atom. The van der Waals surface area contributed by atoms with Crippen LogP contribution in [0.2, 0.25) is 0 Å². The van der Waals surface area contributed by atoms with E-state index in [1.165, 1.54) is 24.3 Å². The van der Waals surface area contributed by atoms with Gasteiger partial charge < -0.3 is 15.6 Å². The van der Waals surface area contributed by atoms with Gasteiger partial charge in [0, 0.05) is 0 Å². The summed E-state index contributed by atoms with van der Waals surface area (Å²) in [5.74, 6) is -3.21. The number of carboxylic acid groups (broad SMARTS) is 1. The molecule has 3 N–H and O–H groups in total. The lowest BCUT2D eigenvalue weighted by Crippen LogP contribution is -2.36. The molecule has 0 amide bonds. The fourth-order valence-corrected chi connectivity index (χ4v) is 2.02. The highest BCUT2D eigenvalue weighted by Gasteiger charge is 2.23. The summed E-state index contributed by atoms with van der Waals surface area (Å²) >= 11 is 0. The van der Waals surface area contributed by atoms with E-state index in [1.54, 1.807) is 12.1 Å². The van der Waals surface area contributed by atoms with Gasteiger partial charge in [-0.1, -0.05) is 42.5 Å². The Bertz CT molecular complexity index is 733. The third-order valence-corrected chi connectivity index (χ3v) is 3.17. The number of hydrogen-bond donors (Lipinski definition) is 2. The monoisotopic (exact) mass is 343 g/mol. The molecule has 0 aromatic heterocycles. The minimum Gasteiger partial charge on any atom is -0.478 e. The number of carbonyl (C=O) groups excluding carboxylic acids is 2. The van der Waals surface area contributed by atoms with Crippen molar-refractivity contribution in [3.63, 3.8) is 0 Å². The first-order valence-corrected chi connectivity index (χ1v) is 6.87. The molecule has 2 rings (SSSR count). The van der Waals surface area contributed by atoms with Gasteiger partial charge in [0.2, 0.25) is 0 Å². The summed E-state index contributed by atoms with van der Waals surface area (Å²) in [6.45, 7) is 0. The lowest BCUT2D eigenvalue weighted by Gasteiger charge is -2.11. The molecule has 2 aromatic carbocycles. The molecule has 0 saturated heterocycles. The number of ether oxygens (including phenoxy) is 1. The highest BCUT2D eigenvalue weighted by molar-refractivity contribution is 6.05. The topological polar surface area (TPSA) is 107 Å². The Morgan fingerprint density at radius 3 is 2.08 bits per heavy atom. The molecule has 0 spiro atoms. The number of rotatable bonds is 5. The first-order valence-electron chi connectivity index (χ1n) is 6.87. The van der Waals surface area contributed by atoms with Gasteiger partial charge in [-0.2, -0.15) is 0 Å². The number of carboxylic acids is 1. The number of hydrogen-bond acceptors (Lipinski definition) is 5. The van der Waals surface area contributed by atoms with Crippen LogP contribution in [0.5, 0.6) is 0 Å². The highest BCUT2D eigenvalue weighted by atomic mass is 27.0. The second-order valence-electron chi connectivity index (χ2n) is 4.86. The van der Waals surface area contributed by atoms with Gasteiger partial charge in [0.15, 0.2) is 17.4 Å². The van der Waals surface area contributed by atoms with Gasteiger partial charge in [-0.3, -0.25) is 0 Å². The summed E-state index contributed by atoms with van der Waals surface area (Å²) in [5, 5.41) is 9.04. The molecule has 0 heterocycles. The second kappa shape index (κ2) is 8.99. The molecule has 7 heteroatoms. The van der Waals surface area contributed by atoms with E-state index in [0.717, 1.165) is 5.56 Å². The zero-order valence-corrected chi connectivity index (χ0v) is 12.1. The number of carbonyl (C=O) groups is 3. The van der Waals surface area contributed by atoms with Crippen LogP contribution in [0.1, 0.15) is 26.3 Å². The van der Waals surface area contributed by atoms with E-state index in [9.17, 15) is 14.4 Å². The van der Waals surface area contributed by atoms with E-state index in [4.69, 9.17) is 15.6 Å². The van der Waals surface area contributed by atoms with Crippen LogP contribution in [0.4, 0.5) is 0 Å². The molecule has 0 bridgehead atoms. The quantitative estimate of drug-likeness (QED) is 0.464. The molecule has 2 aromatic rings. The minimum absolute atomic E-state index is 0.